The molecule has 4 aromatic rings. The molecule has 186 valence electrons. The van der Waals surface area contributed by atoms with Crippen LogP contribution in [0.25, 0.3) is 22.6 Å². The molecule has 1 amide bonds. The number of amides is 1. The summed E-state index contributed by atoms with van der Waals surface area (Å²) in [6, 6.07) is 26.0. The molecule has 1 heterocycles. The van der Waals surface area contributed by atoms with Crippen molar-refractivity contribution in [2.75, 3.05) is 7.11 Å². The van der Waals surface area contributed by atoms with E-state index in [1.807, 2.05) is 71.3 Å². The second-order valence-electron chi connectivity index (χ2n) is 9.02. The van der Waals surface area contributed by atoms with Gasteiger partial charge in [0.25, 0.3) is 5.91 Å². The van der Waals surface area contributed by atoms with Crippen molar-refractivity contribution in [3.05, 3.63) is 95.7 Å². The van der Waals surface area contributed by atoms with Gasteiger partial charge in [0.15, 0.2) is 0 Å². The number of methoxy groups -OCH3 is 1. The summed E-state index contributed by atoms with van der Waals surface area (Å²) < 4.78 is 7.67. The Labute approximate surface area is 214 Å². The van der Waals surface area contributed by atoms with E-state index in [0.717, 1.165) is 53.1 Å². The highest BCUT2D eigenvalue weighted by Gasteiger charge is 2.27. The van der Waals surface area contributed by atoms with Crippen molar-refractivity contribution in [2.45, 2.75) is 52.6 Å². The highest BCUT2D eigenvalue weighted by Crippen LogP contribution is 2.32. The maximum Gasteiger partial charge on any atom is 0.270 e. The molecule has 0 aliphatic heterocycles. The Hall–Kier alpha value is -3.86. The van der Waals surface area contributed by atoms with Gasteiger partial charge in [-0.25, -0.2) is 4.98 Å². The van der Waals surface area contributed by atoms with Gasteiger partial charge in [-0.1, -0.05) is 92.1 Å². The molecule has 1 atom stereocenters. The van der Waals surface area contributed by atoms with Gasteiger partial charge in [-0.3, -0.25) is 4.79 Å². The van der Waals surface area contributed by atoms with Crippen LogP contribution in [0.4, 0.5) is 0 Å². The van der Waals surface area contributed by atoms with Crippen LogP contribution in [-0.4, -0.2) is 22.6 Å². The summed E-state index contributed by atoms with van der Waals surface area (Å²) in [7, 11) is 1.67. The second-order valence-corrected chi connectivity index (χ2v) is 9.02. The maximum absolute atomic E-state index is 14.1. The summed E-state index contributed by atoms with van der Waals surface area (Å²) in [6.07, 6.45) is 2.87. The number of rotatable bonds is 10. The van der Waals surface area contributed by atoms with Crippen LogP contribution < -0.4 is 10.1 Å². The summed E-state index contributed by atoms with van der Waals surface area (Å²) >= 11 is 0. The summed E-state index contributed by atoms with van der Waals surface area (Å²) in [5.74, 6) is 1.45. The van der Waals surface area contributed by atoms with Gasteiger partial charge in [0.05, 0.1) is 13.2 Å². The number of unbranched alkanes of at least 4 members (excludes halogenated alkanes) is 1. The third-order valence-corrected chi connectivity index (χ3v) is 6.49. The van der Waals surface area contributed by atoms with Gasteiger partial charge in [0, 0.05) is 23.2 Å². The zero-order valence-corrected chi connectivity index (χ0v) is 21.6. The van der Waals surface area contributed by atoms with Crippen LogP contribution in [0, 0.1) is 6.92 Å². The van der Waals surface area contributed by atoms with E-state index < -0.39 is 0 Å². The van der Waals surface area contributed by atoms with Crippen LogP contribution in [0.5, 0.6) is 5.75 Å². The summed E-state index contributed by atoms with van der Waals surface area (Å²) in [5.41, 5.74) is 5.32. The normalized spacial score (nSPS) is 11.8. The first-order chi connectivity index (χ1) is 17.6. The molecule has 4 rings (SSSR count). The van der Waals surface area contributed by atoms with E-state index in [-0.39, 0.29) is 11.9 Å². The number of nitrogens with zero attached hydrogens (tertiary/aromatic N) is 2. The molecule has 0 saturated heterocycles. The van der Waals surface area contributed by atoms with Gasteiger partial charge >= 0.3 is 0 Å². The van der Waals surface area contributed by atoms with Crippen LogP contribution >= 0.6 is 0 Å². The summed E-state index contributed by atoms with van der Waals surface area (Å²) in [6.45, 7) is 6.90. The lowest BCUT2D eigenvalue weighted by Gasteiger charge is -2.22. The first-order valence-corrected chi connectivity index (χ1v) is 12.7. The molecule has 1 unspecified atom stereocenters. The Morgan fingerprint density at radius 1 is 0.972 bits per heavy atom. The first kappa shape index (κ1) is 25.2. The Morgan fingerprint density at radius 2 is 1.69 bits per heavy atom. The predicted octanol–water partition coefficient (Wildman–Crippen LogP) is 7.22. The number of nitrogens with one attached hydrogen (secondary N) is 1. The molecule has 0 radical (unpaired) electrons. The van der Waals surface area contributed by atoms with Crippen LogP contribution in [0.2, 0.25) is 0 Å². The van der Waals surface area contributed by atoms with Gasteiger partial charge in [0.2, 0.25) is 0 Å². The smallest absolute Gasteiger partial charge is 0.270 e. The lowest BCUT2D eigenvalue weighted by Crippen LogP contribution is -2.31. The van der Waals surface area contributed by atoms with Crippen molar-refractivity contribution < 1.29 is 9.53 Å². The molecule has 0 saturated carbocycles. The second kappa shape index (κ2) is 11.7. The van der Waals surface area contributed by atoms with Crippen molar-refractivity contribution in [3.8, 4) is 28.4 Å². The third kappa shape index (κ3) is 5.35. The number of hydrogen-bond donors (Lipinski definition) is 1. The average molecular weight is 482 g/mol. The van der Waals surface area contributed by atoms with E-state index in [1.165, 1.54) is 0 Å². The van der Waals surface area contributed by atoms with Crippen LogP contribution in [0.1, 0.15) is 60.8 Å². The summed E-state index contributed by atoms with van der Waals surface area (Å²) in [4.78, 5) is 19.1. The number of carbonyl (C=O) groups excluding carboxylic acids is 1. The Bertz CT molecular complexity index is 1310. The first-order valence-electron chi connectivity index (χ1n) is 12.7. The van der Waals surface area contributed by atoms with E-state index in [2.05, 4.69) is 38.2 Å². The third-order valence-electron chi connectivity index (χ3n) is 6.49. The van der Waals surface area contributed by atoms with Crippen LogP contribution in [-0.2, 0) is 6.54 Å². The van der Waals surface area contributed by atoms with Crippen molar-refractivity contribution in [1.82, 2.24) is 14.9 Å². The van der Waals surface area contributed by atoms with E-state index in [4.69, 9.17) is 9.72 Å². The Kier molecular flexibility index (Phi) is 8.21. The molecule has 1 aromatic heterocycles. The van der Waals surface area contributed by atoms with E-state index in [1.54, 1.807) is 7.11 Å². The van der Waals surface area contributed by atoms with Gasteiger partial charge in [-0.05, 0) is 32.4 Å². The zero-order chi connectivity index (χ0) is 25.5. The molecule has 0 spiro atoms. The lowest BCUT2D eigenvalue weighted by molar-refractivity contribution is 0.0925. The minimum atomic E-state index is -0.167. The molecule has 0 fully saturated rings. The van der Waals surface area contributed by atoms with Crippen molar-refractivity contribution in [1.29, 1.82) is 0 Å². The number of aromatic nitrogens is 2. The molecule has 3 aromatic carbocycles. The van der Waals surface area contributed by atoms with Gasteiger partial charge in [-0.2, -0.15) is 0 Å². The number of hydrogen-bond acceptors (Lipinski definition) is 3. The fourth-order valence-corrected chi connectivity index (χ4v) is 4.69. The fourth-order valence-electron chi connectivity index (χ4n) is 4.69. The molecular formula is C31H35N3O2. The number of aryl methyl sites for hydroxylation is 1. The molecule has 5 nitrogen and oxygen atoms in total. The quantitative estimate of drug-likeness (QED) is 0.260. The molecule has 0 aliphatic rings. The van der Waals surface area contributed by atoms with Gasteiger partial charge in [0.1, 0.15) is 23.0 Å². The minimum Gasteiger partial charge on any atom is -0.496 e. The monoisotopic (exact) mass is 481 g/mol. The number of carbonyl (C=O) groups is 1. The maximum atomic E-state index is 14.1. The topological polar surface area (TPSA) is 56.2 Å². The number of benzene rings is 3. The Morgan fingerprint density at radius 3 is 2.39 bits per heavy atom. The van der Waals surface area contributed by atoms with E-state index in [0.29, 0.717) is 17.9 Å². The molecule has 1 N–H and O–H groups in total. The van der Waals surface area contributed by atoms with Gasteiger partial charge in [-0.15, -0.1) is 0 Å². The highest BCUT2D eigenvalue weighted by atomic mass is 16.5. The average Bonchev–Trinajstić information content (AvgIpc) is 3.31. The minimum absolute atomic E-state index is 0.130. The van der Waals surface area contributed by atoms with Crippen molar-refractivity contribution >= 4 is 5.91 Å². The number of para-hydroxylation sites is 1. The molecule has 0 aliphatic carbocycles. The van der Waals surface area contributed by atoms with Gasteiger partial charge < -0.3 is 14.6 Å². The fraction of sp³-hybridized carbons (Fsp3) is 0.290. The standard InChI is InChI=1S/C31H35N3O2/c1-5-7-19-26(25-18-11-12-20-27(25)36-4)32-31(35)29-28(24-17-13-14-22(3)21-24)33-30(34(29)6-2)23-15-9-8-10-16-23/h8-18,20-21,26H,5-7,19H2,1-4H3,(H,32,35). The van der Waals surface area contributed by atoms with E-state index >= 15 is 0 Å². The molecule has 36 heavy (non-hydrogen) atoms. The zero-order valence-electron chi connectivity index (χ0n) is 21.6. The molecule has 5 heteroatoms. The molecular weight excluding hydrogens is 446 g/mol. The van der Waals surface area contributed by atoms with Crippen molar-refractivity contribution in [2.24, 2.45) is 0 Å². The Balaban J connectivity index is 1.83. The van der Waals surface area contributed by atoms with Crippen LogP contribution in [0.15, 0.2) is 78.9 Å². The predicted molar refractivity (Wildman–Crippen MR) is 146 cm³/mol. The highest BCUT2D eigenvalue weighted by molar-refractivity contribution is 6.00. The largest absolute Gasteiger partial charge is 0.496 e. The lowest BCUT2D eigenvalue weighted by atomic mass is 9.99. The SMILES string of the molecule is CCCCC(NC(=O)c1c(-c2cccc(C)c2)nc(-c2ccccc2)n1CC)c1ccccc1OC. The number of imidazole rings is 1. The van der Waals surface area contributed by atoms with Crippen molar-refractivity contribution in [3.63, 3.8) is 0 Å². The van der Waals surface area contributed by atoms with Crippen LogP contribution in [0.3, 0.4) is 0 Å². The summed E-state index contributed by atoms with van der Waals surface area (Å²) in [5, 5.41) is 3.34. The molecule has 0 bridgehead atoms. The number of ether oxygens (including phenoxy) is 1. The van der Waals surface area contributed by atoms with E-state index in [9.17, 15) is 4.79 Å².